The molecule has 0 saturated heterocycles. The monoisotopic (exact) mass is 235 g/mol. The van der Waals surface area contributed by atoms with Crippen LogP contribution in [0.2, 0.25) is 0 Å². The van der Waals surface area contributed by atoms with Crippen molar-refractivity contribution >= 4 is 0 Å². The molecule has 0 amide bonds. The summed E-state index contributed by atoms with van der Waals surface area (Å²) in [5, 5.41) is 22.9. The van der Waals surface area contributed by atoms with Crippen LogP contribution in [0.5, 0.6) is 5.75 Å². The van der Waals surface area contributed by atoms with Gasteiger partial charge in [0.1, 0.15) is 5.75 Å². The first kappa shape index (κ1) is 12.4. The zero-order valence-corrected chi connectivity index (χ0v) is 10.3. The Kier molecular flexibility index (Phi) is 4.02. The number of phenols is 1. The van der Waals surface area contributed by atoms with Gasteiger partial charge in [0.05, 0.1) is 6.10 Å². The van der Waals surface area contributed by atoms with E-state index >= 15 is 0 Å². The van der Waals surface area contributed by atoms with E-state index in [4.69, 9.17) is 0 Å². The predicted molar refractivity (Wildman–Crippen MR) is 67.9 cm³/mol. The lowest BCUT2D eigenvalue weighted by Crippen LogP contribution is -2.35. The van der Waals surface area contributed by atoms with Crippen molar-refractivity contribution in [1.82, 2.24) is 5.32 Å². The van der Waals surface area contributed by atoms with E-state index in [-0.39, 0.29) is 23.8 Å². The van der Waals surface area contributed by atoms with Crippen molar-refractivity contribution in [2.45, 2.75) is 37.8 Å². The second kappa shape index (κ2) is 5.52. The minimum absolute atomic E-state index is 0.123. The summed E-state index contributed by atoms with van der Waals surface area (Å²) < 4.78 is 0. The molecule has 0 spiro atoms. The molecule has 3 heteroatoms. The minimum atomic E-state index is -0.233. The van der Waals surface area contributed by atoms with Gasteiger partial charge in [0.25, 0.3) is 0 Å². The molecule has 0 aliphatic heterocycles. The molecule has 3 N–H and O–H groups in total. The van der Waals surface area contributed by atoms with Crippen LogP contribution in [0.15, 0.2) is 24.3 Å². The number of rotatable bonds is 3. The molecule has 94 valence electrons. The third kappa shape index (κ3) is 2.79. The molecule has 2 rings (SSSR count). The molecule has 0 aromatic heterocycles. The summed E-state index contributed by atoms with van der Waals surface area (Å²) in [6.45, 7) is 0. The Balaban J connectivity index is 2.20. The molecule has 1 aliphatic rings. The number of nitrogens with one attached hydrogen (secondary N) is 1. The van der Waals surface area contributed by atoms with Crippen LogP contribution < -0.4 is 5.32 Å². The minimum Gasteiger partial charge on any atom is -0.508 e. The van der Waals surface area contributed by atoms with Crippen LogP contribution in [0, 0.1) is 5.92 Å². The van der Waals surface area contributed by atoms with Crippen LogP contribution >= 0.6 is 0 Å². The average molecular weight is 235 g/mol. The van der Waals surface area contributed by atoms with Crippen molar-refractivity contribution in [3.05, 3.63) is 29.8 Å². The van der Waals surface area contributed by atoms with E-state index in [2.05, 4.69) is 5.32 Å². The van der Waals surface area contributed by atoms with Gasteiger partial charge in [0, 0.05) is 12.0 Å². The number of aromatic hydroxyl groups is 1. The molecule has 3 unspecified atom stereocenters. The molecular formula is C14H21NO2. The Morgan fingerprint density at radius 2 is 2.06 bits per heavy atom. The first-order chi connectivity index (χ1) is 8.22. The summed E-state index contributed by atoms with van der Waals surface area (Å²) in [5.41, 5.74) is 1.05. The Bertz CT molecular complexity index is 367. The van der Waals surface area contributed by atoms with Crippen LogP contribution in [0.3, 0.4) is 0 Å². The van der Waals surface area contributed by atoms with Crippen molar-refractivity contribution in [1.29, 1.82) is 0 Å². The summed E-state index contributed by atoms with van der Waals surface area (Å²) in [6, 6.07) is 7.43. The highest BCUT2D eigenvalue weighted by Crippen LogP contribution is 2.35. The number of benzene rings is 1. The van der Waals surface area contributed by atoms with Gasteiger partial charge in [-0.15, -0.1) is 0 Å². The molecule has 1 saturated carbocycles. The van der Waals surface area contributed by atoms with Gasteiger partial charge >= 0.3 is 0 Å². The number of aliphatic hydroxyl groups excluding tert-OH is 1. The zero-order valence-electron chi connectivity index (χ0n) is 10.3. The van der Waals surface area contributed by atoms with Crippen molar-refractivity contribution in [2.24, 2.45) is 5.92 Å². The quantitative estimate of drug-likeness (QED) is 0.753. The molecular weight excluding hydrogens is 214 g/mol. The van der Waals surface area contributed by atoms with Crippen LogP contribution in [0.4, 0.5) is 0 Å². The summed E-state index contributed by atoms with van der Waals surface area (Å²) >= 11 is 0. The maximum absolute atomic E-state index is 10.1. The van der Waals surface area contributed by atoms with Crippen molar-refractivity contribution < 1.29 is 10.2 Å². The maximum atomic E-state index is 10.1. The van der Waals surface area contributed by atoms with E-state index < -0.39 is 0 Å². The highest BCUT2D eigenvalue weighted by atomic mass is 16.3. The van der Waals surface area contributed by atoms with Crippen LogP contribution in [-0.2, 0) is 0 Å². The number of phenolic OH excluding ortho intramolecular Hbond substituents is 1. The Labute approximate surface area is 102 Å². The van der Waals surface area contributed by atoms with E-state index in [9.17, 15) is 10.2 Å². The molecule has 3 atom stereocenters. The standard InChI is InChI=1S/C14H21NO2/c1-15-14(10-5-4-6-11(16)9-10)12-7-2-3-8-13(12)17/h4-6,9,12-17H,2-3,7-8H2,1H3. The van der Waals surface area contributed by atoms with Crippen LogP contribution in [-0.4, -0.2) is 23.4 Å². The Hall–Kier alpha value is -1.06. The van der Waals surface area contributed by atoms with Crippen molar-refractivity contribution in [3.8, 4) is 5.75 Å². The average Bonchev–Trinajstić information content (AvgIpc) is 2.33. The summed E-state index contributed by atoms with van der Waals surface area (Å²) in [7, 11) is 1.91. The maximum Gasteiger partial charge on any atom is 0.115 e. The molecule has 17 heavy (non-hydrogen) atoms. The largest absolute Gasteiger partial charge is 0.508 e. The van der Waals surface area contributed by atoms with E-state index in [1.54, 1.807) is 12.1 Å². The van der Waals surface area contributed by atoms with Gasteiger partial charge in [-0.1, -0.05) is 25.0 Å². The molecule has 1 aromatic carbocycles. The fraction of sp³-hybridized carbons (Fsp3) is 0.571. The lowest BCUT2D eigenvalue weighted by molar-refractivity contribution is 0.0494. The predicted octanol–water partition coefficient (Wildman–Crippen LogP) is 2.20. The fourth-order valence-corrected chi connectivity index (χ4v) is 2.87. The van der Waals surface area contributed by atoms with Crippen LogP contribution in [0.1, 0.15) is 37.3 Å². The molecule has 3 nitrogen and oxygen atoms in total. The van der Waals surface area contributed by atoms with Gasteiger partial charge in [-0.3, -0.25) is 0 Å². The molecule has 1 fully saturated rings. The van der Waals surface area contributed by atoms with Gasteiger partial charge in [0.15, 0.2) is 0 Å². The second-order valence-electron chi connectivity index (χ2n) is 4.88. The highest BCUT2D eigenvalue weighted by molar-refractivity contribution is 5.30. The highest BCUT2D eigenvalue weighted by Gasteiger charge is 2.30. The SMILES string of the molecule is CNC(c1cccc(O)c1)C1CCCCC1O. The smallest absolute Gasteiger partial charge is 0.115 e. The number of hydrogen-bond acceptors (Lipinski definition) is 3. The normalized spacial score (nSPS) is 26.7. The van der Waals surface area contributed by atoms with Gasteiger partial charge in [-0.2, -0.15) is 0 Å². The molecule has 0 bridgehead atoms. The Morgan fingerprint density at radius 1 is 1.29 bits per heavy atom. The molecule has 0 radical (unpaired) electrons. The molecule has 1 aromatic rings. The van der Waals surface area contributed by atoms with Crippen molar-refractivity contribution in [3.63, 3.8) is 0 Å². The lowest BCUT2D eigenvalue weighted by Gasteiger charge is -2.34. The first-order valence-corrected chi connectivity index (χ1v) is 6.36. The second-order valence-corrected chi connectivity index (χ2v) is 4.88. The summed E-state index contributed by atoms with van der Waals surface area (Å²) in [5.74, 6) is 0.531. The van der Waals surface area contributed by atoms with Crippen molar-refractivity contribution in [2.75, 3.05) is 7.05 Å². The van der Waals surface area contributed by atoms with Gasteiger partial charge in [0.2, 0.25) is 0 Å². The summed E-state index contributed by atoms with van der Waals surface area (Å²) in [4.78, 5) is 0. The Morgan fingerprint density at radius 3 is 2.71 bits per heavy atom. The van der Waals surface area contributed by atoms with Crippen LogP contribution in [0.25, 0.3) is 0 Å². The zero-order chi connectivity index (χ0) is 12.3. The van der Waals surface area contributed by atoms with E-state index in [0.717, 1.165) is 24.8 Å². The van der Waals surface area contributed by atoms with E-state index in [1.807, 2.05) is 19.2 Å². The third-order valence-electron chi connectivity index (χ3n) is 3.75. The van der Waals surface area contributed by atoms with E-state index in [0.29, 0.717) is 0 Å². The third-order valence-corrected chi connectivity index (χ3v) is 3.75. The number of hydrogen-bond donors (Lipinski definition) is 3. The summed E-state index contributed by atoms with van der Waals surface area (Å²) in [6.07, 6.45) is 4.00. The topological polar surface area (TPSA) is 52.5 Å². The number of aliphatic hydroxyl groups is 1. The van der Waals surface area contributed by atoms with Gasteiger partial charge in [-0.05, 0) is 37.6 Å². The van der Waals surface area contributed by atoms with E-state index in [1.165, 1.54) is 6.42 Å². The fourth-order valence-electron chi connectivity index (χ4n) is 2.87. The molecule has 0 heterocycles. The van der Waals surface area contributed by atoms with Gasteiger partial charge < -0.3 is 15.5 Å². The molecule has 1 aliphatic carbocycles. The first-order valence-electron chi connectivity index (χ1n) is 6.36. The van der Waals surface area contributed by atoms with Gasteiger partial charge in [-0.25, -0.2) is 0 Å². The lowest BCUT2D eigenvalue weighted by atomic mass is 9.79.